The van der Waals surface area contributed by atoms with Gasteiger partial charge in [-0.15, -0.1) is 10.8 Å². The Hall–Kier alpha value is -0.790. The molecule has 1 rings (SSSR count). The molecule has 1 aromatic carbocycles. The predicted octanol–water partition coefficient (Wildman–Crippen LogP) is 3.17. The van der Waals surface area contributed by atoms with Crippen molar-refractivity contribution in [3.05, 3.63) is 29.8 Å². The van der Waals surface area contributed by atoms with Crippen LogP contribution in [-0.4, -0.2) is 57.8 Å². The summed E-state index contributed by atoms with van der Waals surface area (Å²) in [5.41, 5.74) is 2.35. The van der Waals surface area contributed by atoms with Crippen molar-refractivity contribution >= 4 is 16.5 Å². The van der Waals surface area contributed by atoms with E-state index >= 15 is 0 Å². The molecule has 0 bridgehead atoms. The molecule has 0 spiro atoms. The first-order valence-corrected chi connectivity index (χ1v) is 8.77. The second-order valence-electron chi connectivity index (χ2n) is 5.65. The fourth-order valence-electron chi connectivity index (χ4n) is 1.97. The molecule has 0 aliphatic carbocycles. The van der Waals surface area contributed by atoms with E-state index in [1.807, 2.05) is 27.9 Å². The Balaban J connectivity index is 2.44. The normalized spacial score (nSPS) is 13.2. The second-order valence-corrected chi connectivity index (χ2v) is 8.33. The van der Waals surface area contributed by atoms with Crippen LogP contribution < -0.4 is 5.32 Å². The number of likely N-dealkylation sites (N-methyl/N-ethyl adjacent to an activating group) is 2. The molecule has 1 aromatic rings. The summed E-state index contributed by atoms with van der Waals surface area (Å²) in [5.74, 6) is 0. The molecular weight excluding hydrogens is 286 g/mol. The highest BCUT2D eigenvalue weighted by atomic mass is 32.3. The summed E-state index contributed by atoms with van der Waals surface area (Å²) in [7, 11) is 3.06. The fraction of sp³-hybridized carbons (Fsp3) is 0.600. The second kappa shape index (κ2) is 8.00. The lowest BCUT2D eigenvalue weighted by molar-refractivity contribution is 0.287. The van der Waals surface area contributed by atoms with Crippen LogP contribution in [0.2, 0.25) is 0 Å². The van der Waals surface area contributed by atoms with E-state index in [0.717, 1.165) is 18.8 Å². The highest BCUT2D eigenvalue weighted by Gasteiger charge is 2.22. The third kappa shape index (κ3) is 5.48. The highest BCUT2D eigenvalue weighted by Crippen LogP contribution is 2.46. The van der Waals surface area contributed by atoms with Crippen molar-refractivity contribution in [3.63, 3.8) is 0 Å². The average molecular weight is 315 g/mol. The highest BCUT2D eigenvalue weighted by molar-refractivity contribution is 8.22. The first kappa shape index (κ1) is 18.3. The van der Waals surface area contributed by atoms with Gasteiger partial charge in [0.1, 0.15) is 0 Å². The number of rotatable bonds is 8. The molecule has 0 aromatic heterocycles. The zero-order valence-electron chi connectivity index (χ0n) is 13.7. The maximum atomic E-state index is 10.1. The van der Waals surface area contributed by atoms with Crippen molar-refractivity contribution in [1.82, 2.24) is 9.21 Å². The quantitative estimate of drug-likeness (QED) is 0.688. The van der Waals surface area contributed by atoms with Gasteiger partial charge in [0.05, 0.1) is 5.25 Å². The van der Waals surface area contributed by atoms with Crippen LogP contribution in [0.4, 0.5) is 5.69 Å². The maximum absolute atomic E-state index is 10.1. The molecule has 21 heavy (non-hydrogen) atoms. The Kier molecular flexibility index (Phi) is 6.96. The van der Waals surface area contributed by atoms with Crippen LogP contribution in [0.3, 0.4) is 0 Å². The molecule has 6 heteroatoms. The minimum absolute atomic E-state index is 0.151. The van der Waals surface area contributed by atoms with Crippen LogP contribution in [0.15, 0.2) is 24.3 Å². The maximum Gasteiger partial charge on any atom is 0.0584 e. The average Bonchev–Trinajstić information content (AvgIpc) is 2.45. The summed E-state index contributed by atoms with van der Waals surface area (Å²) in [6.07, 6.45) is 0. The molecule has 0 heterocycles. The summed E-state index contributed by atoms with van der Waals surface area (Å²) >= 11 is 0. The van der Waals surface area contributed by atoms with Crippen LogP contribution in [0.25, 0.3) is 0 Å². The third-order valence-electron chi connectivity index (χ3n) is 3.58. The summed E-state index contributed by atoms with van der Waals surface area (Å²) in [6, 6.07) is 8.33. The molecule has 0 fully saturated rings. The van der Waals surface area contributed by atoms with Gasteiger partial charge in [0, 0.05) is 39.4 Å². The number of nitrogens with zero attached hydrogens (tertiary/aromatic N) is 2. The van der Waals surface area contributed by atoms with E-state index in [1.54, 1.807) is 11.4 Å². The monoisotopic (exact) mass is 315 g/mol. The molecular formula is C15H29N3O2S. The summed E-state index contributed by atoms with van der Waals surface area (Å²) in [4.78, 5) is 2.18. The zero-order valence-corrected chi connectivity index (χ0v) is 14.5. The summed E-state index contributed by atoms with van der Waals surface area (Å²) < 4.78 is 21.8. The lowest BCUT2D eigenvalue weighted by atomic mass is 10.2. The standard InChI is InChI=1S/C15H29N3O2S/c1-13(2)21(19,20)18(5)11-10-17(4)12-14-6-8-15(16-3)9-7-14/h6-9,13,16,19-20H,10-12H2,1-5H3. The van der Waals surface area contributed by atoms with Crippen molar-refractivity contribution in [2.75, 3.05) is 39.5 Å². The van der Waals surface area contributed by atoms with E-state index in [2.05, 4.69) is 34.5 Å². The smallest absolute Gasteiger partial charge is 0.0584 e. The van der Waals surface area contributed by atoms with Gasteiger partial charge >= 0.3 is 0 Å². The first-order chi connectivity index (χ1) is 9.77. The lowest BCUT2D eigenvalue weighted by Crippen LogP contribution is -2.35. The van der Waals surface area contributed by atoms with E-state index in [-0.39, 0.29) is 5.25 Å². The number of hydrogen-bond acceptors (Lipinski definition) is 5. The van der Waals surface area contributed by atoms with Crippen LogP contribution in [0.1, 0.15) is 19.4 Å². The van der Waals surface area contributed by atoms with Gasteiger partial charge in [0.2, 0.25) is 0 Å². The number of anilines is 1. The molecule has 0 radical (unpaired) electrons. The molecule has 0 aliphatic heterocycles. The Morgan fingerprint density at radius 3 is 2.14 bits per heavy atom. The molecule has 122 valence electrons. The van der Waals surface area contributed by atoms with E-state index < -0.39 is 10.8 Å². The van der Waals surface area contributed by atoms with Gasteiger partial charge in [0.25, 0.3) is 0 Å². The van der Waals surface area contributed by atoms with E-state index in [0.29, 0.717) is 6.54 Å². The van der Waals surface area contributed by atoms with Crippen molar-refractivity contribution in [2.45, 2.75) is 25.6 Å². The lowest BCUT2D eigenvalue weighted by Gasteiger charge is -2.44. The largest absolute Gasteiger partial charge is 0.388 e. The van der Waals surface area contributed by atoms with Crippen molar-refractivity contribution in [2.24, 2.45) is 0 Å². The van der Waals surface area contributed by atoms with Gasteiger partial charge < -0.3 is 10.2 Å². The van der Waals surface area contributed by atoms with Gasteiger partial charge in [-0.1, -0.05) is 12.1 Å². The zero-order chi connectivity index (χ0) is 16.0. The minimum atomic E-state index is -2.66. The molecule has 0 amide bonds. The molecule has 0 aliphatic rings. The summed E-state index contributed by atoms with van der Waals surface area (Å²) in [5, 5.41) is 2.95. The Labute approximate surface area is 130 Å². The van der Waals surface area contributed by atoms with Gasteiger partial charge in [-0.3, -0.25) is 9.11 Å². The Bertz CT molecular complexity index is 423. The molecule has 0 atom stereocenters. The SMILES string of the molecule is CNc1ccc(CN(C)CCN(C)S(O)(O)C(C)C)cc1. The predicted molar refractivity (Wildman–Crippen MR) is 92.9 cm³/mol. The van der Waals surface area contributed by atoms with Gasteiger partial charge in [-0.2, -0.15) is 0 Å². The molecule has 3 N–H and O–H groups in total. The van der Waals surface area contributed by atoms with Crippen LogP contribution in [0.5, 0.6) is 0 Å². The van der Waals surface area contributed by atoms with E-state index in [9.17, 15) is 9.11 Å². The van der Waals surface area contributed by atoms with E-state index in [4.69, 9.17) is 0 Å². The summed E-state index contributed by atoms with van der Waals surface area (Å²) in [6.45, 7) is 5.93. The molecule has 0 saturated carbocycles. The van der Waals surface area contributed by atoms with Gasteiger partial charge in [-0.25, -0.2) is 4.31 Å². The minimum Gasteiger partial charge on any atom is -0.388 e. The van der Waals surface area contributed by atoms with Crippen LogP contribution in [0, 0.1) is 0 Å². The fourth-order valence-corrected chi connectivity index (χ4v) is 3.04. The van der Waals surface area contributed by atoms with Crippen molar-refractivity contribution < 1.29 is 9.11 Å². The van der Waals surface area contributed by atoms with Gasteiger partial charge in [0.15, 0.2) is 0 Å². The number of hydrogen-bond donors (Lipinski definition) is 3. The number of benzene rings is 1. The Morgan fingerprint density at radius 2 is 1.67 bits per heavy atom. The third-order valence-corrected chi connectivity index (χ3v) is 5.95. The number of nitrogens with one attached hydrogen (secondary N) is 1. The van der Waals surface area contributed by atoms with Crippen LogP contribution >= 0.6 is 10.8 Å². The Morgan fingerprint density at radius 1 is 1.10 bits per heavy atom. The van der Waals surface area contributed by atoms with E-state index in [1.165, 1.54) is 5.56 Å². The van der Waals surface area contributed by atoms with Crippen LogP contribution in [-0.2, 0) is 6.54 Å². The first-order valence-electron chi connectivity index (χ1n) is 7.21. The molecule has 0 saturated heterocycles. The van der Waals surface area contributed by atoms with Crippen molar-refractivity contribution in [1.29, 1.82) is 0 Å². The molecule has 0 unspecified atom stereocenters. The van der Waals surface area contributed by atoms with Crippen molar-refractivity contribution in [3.8, 4) is 0 Å². The molecule has 5 nitrogen and oxygen atoms in total. The topological polar surface area (TPSA) is 59.0 Å². The van der Waals surface area contributed by atoms with Gasteiger partial charge in [-0.05, 0) is 38.6 Å².